The zero-order chi connectivity index (χ0) is 39.5. The van der Waals surface area contributed by atoms with Crippen molar-refractivity contribution in [1.29, 1.82) is 0 Å². The lowest BCUT2D eigenvalue weighted by Crippen LogP contribution is -2.73. The van der Waals surface area contributed by atoms with E-state index >= 15 is 8.78 Å². The molecular weight excluding hydrogens is 696 g/mol. The second-order valence-electron chi connectivity index (χ2n) is 15.3. The molecule has 2 aromatic rings. The number of urea groups is 1. The van der Waals surface area contributed by atoms with E-state index in [4.69, 9.17) is 11.5 Å². The van der Waals surface area contributed by atoms with Gasteiger partial charge in [-0.25, -0.2) is 13.6 Å². The van der Waals surface area contributed by atoms with E-state index in [0.29, 0.717) is 25.8 Å². The molecule has 5 amide bonds. The predicted molar refractivity (Wildman–Crippen MR) is 202 cm³/mol. The summed E-state index contributed by atoms with van der Waals surface area (Å²) in [6, 6.07) is 15.2. The van der Waals surface area contributed by atoms with Crippen LogP contribution in [0, 0.1) is 17.3 Å². The lowest BCUT2D eigenvalue weighted by molar-refractivity contribution is -0.219. The second kappa shape index (κ2) is 19.2. The smallest absolute Gasteiger partial charge is 0.317 e. The maximum atomic E-state index is 15.4. The van der Waals surface area contributed by atoms with Crippen LogP contribution in [-0.2, 0) is 32.0 Å². The Morgan fingerprint density at radius 3 is 1.96 bits per heavy atom. The molecule has 0 saturated carbocycles. The topological polar surface area (TPSA) is 180 Å². The average molecular weight is 754 g/mol. The number of benzene rings is 2. The molecule has 296 valence electrons. The summed E-state index contributed by atoms with van der Waals surface area (Å²) in [4.78, 5) is 69.6. The van der Waals surface area contributed by atoms with Crippen LogP contribution in [0.25, 0.3) is 0 Å². The van der Waals surface area contributed by atoms with Crippen LogP contribution in [0.4, 0.5) is 13.6 Å². The summed E-state index contributed by atoms with van der Waals surface area (Å²) in [5.74, 6) is -5.87. The third-order valence-electron chi connectivity index (χ3n) is 10.6. The summed E-state index contributed by atoms with van der Waals surface area (Å²) in [5, 5.41) is 8.10. The molecule has 0 aliphatic carbocycles. The molecule has 4 atom stereocenters. The van der Waals surface area contributed by atoms with Crippen molar-refractivity contribution in [2.24, 2.45) is 28.7 Å². The van der Waals surface area contributed by atoms with Crippen molar-refractivity contribution in [3.8, 4) is 0 Å². The molecule has 0 unspecified atom stereocenters. The van der Waals surface area contributed by atoms with Crippen LogP contribution in [0.2, 0.25) is 0 Å². The van der Waals surface area contributed by atoms with Crippen molar-refractivity contribution in [3.05, 3.63) is 71.8 Å². The van der Waals surface area contributed by atoms with E-state index in [1.54, 1.807) is 0 Å². The van der Waals surface area contributed by atoms with Gasteiger partial charge in [-0.3, -0.25) is 19.2 Å². The molecule has 7 N–H and O–H groups in total. The van der Waals surface area contributed by atoms with Gasteiger partial charge in [-0.15, -0.1) is 0 Å². The maximum Gasteiger partial charge on any atom is 0.317 e. The van der Waals surface area contributed by atoms with Crippen molar-refractivity contribution in [2.75, 3.05) is 39.8 Å². The summed E-state index contributed by atoms with van der Waals surface area (Å²) >= 11 is 0. The van der Waals surface area contributed by atoms with E-state index in [1.807, 2.05) is 74.5 Å². The van der Waals surface area contributed by atoms with E-state index < -0.39 is 65.7 Å². The number of Topliss-reactive ketones (excluding diaryl/α,β-unsaturated/α-hetero) is 1. The Labute approximate surface area is 317 Å². The standard InChI is InChI=1S/C40H57F2N7O5/c1-27(2)20-33(47-35(51)30(21-28-12-6-4-7-13-28)23-34(50)31(44)22-29-14-8-5-9-15-29)36(52)46-32(16-10-11-18-43)37(53)49-24-39(25-49)17-19-48(38(54)45-3)26-40(39,41)42/h4-9,12-15,27,30-33H,10-11,16-26,43-44H2,1-3H3,(H,45,54)(H,46,52)(H,47,51)/t30-,31+,32+,33+/m0/s1. The van der Waals surface area contributed by atoms with Gasteiger partial charge in [0.15, 0.2) is 5.78 Å². The first-order valence-corrected chi connectivity index (χ1v) is 19.0. The van der Waals surface area contributed by atoms with E-state index in [9.17, 15) is 24.0 Å². The number of ketones is 1. The zero-order valence-electron chi connectivity index (χ0n) is 31.7. The Morgan fingerprint density at radius 2 is 1.41 bits per heavy atom. The van der Waals surface area contributed by atoms with Crippen LogP contribution in [0.15, 0.2) is 60.7 Å². The molecule has 54 heavy (non-hydrogen) atoms. The number of carbonyl (C=O) groups is 5. The number of amides is 5. The first-order chi connectivity index (χ1) is 25.7. The van der Waals surface area contributed by atoms with Crippen molar-refractivity contribution in [1.82, 2.24) is 25.8 Å². The molecule has 2 fully saturated rings. The second-order valence-corrected chi connectivity index (χ2v) is 15.3. The van der Waals surface area contributed by atoms with Gasteiger partial charge < -0.3 is 37.2 Å². The molecule has 1 spiro atoms. The molecule has 2 aromatic carbocycles. The molecule has 0 bridgehead atoms. The largest absolute Gasteiger partial charge is 0.344 e. The Morgan fingerprint density at radius 1 is 0.815 bits per heavy atom. The predicted octanol–water partition coefficient (Wildman–Crippen LogP) is 3.03. The van der Waals surface area contributed by atoms with Crippen LogP contribution < -0.4 is 27.4 Å². The molecule has 2 aliphatic rings. The monoisotopic (exact) mass is 753 g/mol. The number of rotatable bonds is 18. The van der Waals surface area contributed by atoms with Crippen molar-refractivity contribution >= 4 is 29.5 Å². The number of carbonyl (C=O) groups excluding carboxylic acids is 5. The van der Waals surface area contributed by atoms with Gasteiger partial charge in [0.1, 0.15) is 12.1 Å². The Kier molecular flexibility index (Phi) is 15.1. The van der Waals surface area contributed by atoms with Gasteiger partial charge in [-0.05, 0) is 68.5 Å². The van der Waals surface area contributed by atoms with Crippen LogP contribution in [0.1, 0.15) is 63.5 Å². The summed E-state index contributed by atoms with van der Waals surface area (Å²) in [6.07, 6.45) is 2.05. The van der Waals surface area contributed by atoms with Gasteiger partial charge >= 0.3 is 6.03 Å². The van der Waals surface area contributed by atoms with Gasteiger partial charge in [0.25, 0.3) is 5.92 Å². The highest BCUT2D eigenvalue weighted by Crippen LogP contribution is 2.50. The highest BCUT2D eigenvalue weighted by molar-refractivity contribution is 5.94. The number of halogens is 2. The SMILES string of the molecule is CNC(=O)N1CCC2(CN(C(=O)[C@@H](CCCCN)NC(=O)[C@@H](CC(C)C)NC(=O)[C@H](CC(=O)[C@H](N)Cc3ccccc3)Cc3ccccc3)C2)C(F)(F)C1. The minimum absolute atomic E-state index is 0.0286. The molecule has 0 aromatic heterocycles. The minimum Gasteiger partial charge on any atom is -0.344 e. The Balaban J connectivity index is 1.47. The number of piperidine rings is 1. The summed E-state index contributed by atoms with van der Waals surface area (Å²) in [5.41, 5.74) is 12.3. The van der Waals surface area contributed by atoms with Crippen molar-refractivity contribution in [2.45, 2.75) is 89.3 Å². The Hall–Kier alpha value is -4.43. The molecule has 2 heterocycles. The number of hydrogen-bond donors (Lipinski definition) is 5. The molecule has 4 rings (SSSR count). The highest BCUT2D eigenvalue weighted by Gasteiger charge is 2.64. The molecule has 14 heteroatoms. The van der Waals surface area contributed by atoms with Crippen LogP contribution in [0.5, 0.6) is 0 Å². The van der Waals surface area contributed by atoms with Crippen LogP contribution in [0.3, 0.4) is 0 Å². The molecule has 12 nitrogen and oxygen atoms in total. The number of likely N-dealkylation sites (tertiary alicyclic amines) is 2. The summed E-state index contributed by atoms with van der Waals surface area (Å²) < 4.78 is 30.8. The summed E-state index contributed by atoms with van der Waals surface area (Å²) in [7, 11) is 1.39. The number of nitrogens with two attached hydrogens (primary N) is 2. The Bertz CT molecular complexity index is 1570. The number of hydrogen-bond acceptors (Lipinski definition) is 7. The van der Waals surface area contributed by atoms with Crippen LogP contribution in [-0.4, -0.2) is 103 Å². The van der Waals surface area contributed by atoms with Gasteiger partial charge in [0.05, 0.1) is 18.0 Å². The highest BCUT2D eigenvalue weighted by atomic mass is 19.3. The third kappa shape index (κ3) is 11.1. The fraction of sp³-hybridized carbons (Fsp3) is 0.575. The number of nitrogens with one attached hydrogen (secondary N) is 3. The quantitative estimate of drug-likeness (QED) is 0.145. The first kappa shape index (κ1) is 42.3. The van der Waals surface area contributed by atoms with E-state index in [0.717, 1.165) is 16.0 Å². The number of unbranched alkanes of at least 4 members (excludes halogenated alkanes) is 1. The molecule has 0 radical (unpaired) electrons. The van der Waals surface area contributed by atoms with E-state index in [2.05, 4.69) is 16.0 Å². The van der Waals surface area contributed by atoms with Gasteiger partial charge in [0, 0.05) is 39.0 Å². The fourth-order valence-electron chi connectivity index (χ4n) is 7.35. The average Bonchev–Trinajstić information content (AvgIpc) is 3.12. The van der Waals surface area contributed by atoms with E-state index in [-0.39, 0.29) is 63.4 Å². The lowest BCUT2D eigenvalue weighted by atomic mass is 9.69. The molecule has 2 aliphatic heterocycles. The molecular formula is C40H57F2N7O5. The summed E-state index contributed by atoms with van der Waals surface area (Å²) in [6.45, 7) is 3.18. The third-order valence-corrected chi connectivity index (χ3v) is 10.6. The lowest BCUT2D eigenvalue weighted by Gasteiger charge is -2.57. The first-order valence-electron chi connectivity index (χ1n) is 19.0. The zero-order valence-corrected chi connectivity index (χ0v) is 31.7. The van der Waals surface area contributed by atoms with Gasteiger partial charge in [0.2, 0.25) is 17.7 Å². The van der Waals surface area contributed by atoms with Crippen molar-refractivity contribution in [3.63, 3.8) is 0 Å². The normalized spacial score (nSPS) is 18.2. The maximum absolute atomic E-state index is 15.4. The minimum atomic E-state index is -3.21. The molecule has 2 saturated heterocycles. The fourth-order valence-corrected chi connectivity index (χ4v) is 7.35. The van der Waals surface area contributed by atoms with Crippen LogP contribution >= 0.6 is 0 Å². The number of nitrogens with zero attached hydrogens (tertiary/aromatic N) is 2. The van der Waals surface area contributed by atoms with Gasteiger partial charge in [-0.1, -0.05) is 74.5 Å². The van der Waals surface area contributed by atoms with Gasteiger partial charge in [-0.2, -0.15) is 0 Å². The number of alkyl halides is 2. The van der Waals surface area contributed by atoms with E-state index in [1.165, 1.54) is 11.9 Å². The van der Waals surface area contributed by atoms with Crippen molar-refractivity contribution < 1.29 is 32.8 Å².